The Bertz CT molecular complexity index is 55.2. The van der Waals surface area contributed by atoms with Crippen LogP contribution in [-0.4, -0.2) is 19.6 Å². The van der Waals surface area contributed by atoms with Gasteiger partial charge in [-0.05, 0) is 0 Å². The minimum atomic E-state index is 0. The number of ether oxygens (including phenoxy) is 1. The van der Waals surface area contributed by atoms with E-state index in [0.29, 0.717) is 0 Å². The zero-order valence-electron chi connectivity index (χ0n) is 4.61. The summed E-state index contributed by atoms with van der Waals surface area (Å²) in [6.45, 7) is 1.62. The molecule has 0 amide bonds. The number of nitrogens with zero attached hydrogens (tertiary/aromatic N) is 1. The Kier molecular flexibility index (Phi) is 20.5. The Labute approximate surface area is 63.0 Å². The summed E-state index contributed by atoms with van der Waals surface area (Å²) in [5, 5.41) is 0. The van der Waals surface area contributed by atoms with Crippen molar-refractivity contribution in [1.82, 2.24) is 6.15 Å². The van der Waals surface area contributed by atoms with E-state index in [9.17, 15) is 0 Å². The Morgan fingerprint density at radius 3 is 2.25 bits per heavy atom. The van der Waals surface area contributed by atoms with Gasteiger partial charge < -0.3 is 10.9 Å². The van der Waals surface area contributed by atoms with Crippen molar-refractivity contribution in [3.05, 3.63) is 0 Å². The van der Waals surface area contributed by atoms with Gasteiger partial charge in [0.15, 0.2) is 6.40 Å². The molecule has 1 aliphatic heterocycles. The van der Waals surface area contributed by atoms with E-state index < -0.39 is 0 Å². The van der Waals surface area contributed by atoms with Crippen molar-refractivity contribution in [1.29, 1.82) is 0 Å². The molecule has 0 radical (unpaired) electrons. The van der Waals surface area contributed by atoms with Crippen LogP contribution in [0.2, 0.25) is 0 Å². The van der Waals surface area contributed by atoms with Crippen LogP contribution in [0.15, 0.2) is 4.99 Å². The van der Waals surface area contributed by atoms with Gasteiger partial charge in [0.25, 0.3) is 0 Å². The van der Waals surface area contributed by atoms with Crippen LogP contribution in [-0.2, 0) is 21.8 Å². The number of hydrogen-bond donors (Lipinski definition) is 1. The number of rotatable bonds is 0. The summed E-state index contributed by atoms with van der Waals surface area (Å²) in [6.07, 6.45) is 1.49. The molecule has 3 N–H and O–H groups in total. The van der Waals surface area contributed by atoms with Gasteiger partial charge in [-0.25, -0.2) is 0 Å². The van der Waals surface area contributed by atoms with Crippen molar-refractivity contribution >= 4 is 16.3 Å². The second kappa shape index (κ2) is 10.4. The summed E-state index contributed by atoms with van der Waals surface area (Å²) in [5.41, 5.74) is 0. The summed E-state index contributed by atoms with van der Waals surface area (Å²) < 4.78 is 4.65. The number of aliphatic imine (C=N–C) groups is 1. The van der Waals surface area contributed by atoms with Gasteiger partial charge in [-0.15, -0.1) is 0 Å². The van der Waals surface area contributed by atoms with E-state index in [1.165, 1.54) is 6.40 Å². The van der Waals surface area contributed by atoms with Crippen LogP contribution in [0.3, 0.4) is 0 Å². The molecule has 0 saturated carbocycles. The fourth-order valence-corrected chi connectivity index (χ4v) is 0.264. The fourth-order valence-electron chi connectivity index (χ4n) is 0.264. The van der Waals surface area contributed by atoms with Gasteiger partial charge in [-0.3, -0.25) is 4.99 Å². The molecule has 1 atom stereocenters. The third-order valence-electron chi connectivity index (χ3n) is 0.487. The maximum Gasteiger partial charge on any atom is 0.169 e. The van der Waals surface area contributed by atoms with Crippen molar-refractivity contribution in [2.45, 2.75) is 0 Å². The first-order chi connectivity index (χ1) is 2.50. The maximum atomic E-state index is 4.65. The summed E-state index contributed by atoms with van der Waals surface area (Å²) >= 11 is 0. The standard InChI is InChI=1S/C3H5NO.Fe.H3N.H3P/c1-2-5-3-4-1;;;/h3H,1-2H2;;2*1H3. The second-order valence-corrected chi connectivity index (χ2v) is 0.882. The molecule has 3 nitrogen and oxygen atoms in total. The largest absolute Gasteiger partial charge is 0.482 e. The molecular weight excluding hydrogens is 167 g/mol. The van der Waals surface area contributed by atoms with Gasteiger partial charge in [0, 0.05) is 17.1 Å². The summed E-state index contributed by atoms with van der Waals surface area (Å²) in [6, 6.07) is 0. The van der Waals surface area contributed by atoms with Crippen LogP contribution in [0.4, 0.5) is 0 Å². The number of hydrogen-bond acceptors (Lipinski definition) is 3. The van der Waals surface area contributed by atoms with Crippen molar-refractivity contribution in [2.75, 3.05) is 13.2 Å². The monoisotopic (exact) mass is 178 g/mol. The van der Waals surface area contributed by atoms with E-state index in [2.05, 4.69) is 9.73 Å². The van der Waals surface area contributed by atoms with Gasteiger partial charge in [-0.1, -0.05) is 0 Å². The molecule has 0 aromatic carbocycles. The third-order valence-corrected chi connectivity index (χ3v) is 0.487. The van der Waals surface area contributed by atoms with Crippen molar-refractivity contribution in [2.24, 2.45) is 4.99 Å². The molecule has 0 fully saturated rings. The van der Waals surface area contributed by atoms with Crippen LogP contribution in [0.25, 0.3) is 0 Å². The normalized spacial score (nSPS) is 12.0. The Morgan fingerprint density at radius 1 is 1.50 bits per heavy atom. The molecule has 0 spiro atoms. The molecule has 0 aromatic rings. The molecule has 0 aliphatic carbocycles. The molecule has 1 heterocycles. The van der Waals surface area contributed by atoms with Crippen LogP contribution in [0, 0.1) is 0 Å². The SMILES string of the molecule is C1=NCCO1.N.P.[Fe]. The first kappa shape index (κ1) is 15.8. The van der Waals surface area contributed by atoms with Crippen LogP contribution < -0.4 is 6.15 Å². The van der Waals surface area contributed by atoms with E-state index >= 15 is 0 Å². The molecular formula is C3H11FeN2OP. The topological polar surface area (TPSA) is 56.6 Å². The van der Waals surface area contributed by atoms with Crippen molar-refractivity contribution < 1.29 is 21.8 Å². The van der Waals surface area contributed by atoms with E-state index in [4.69, 9.17) is 0 Å². The quantitative estimate of drug-likeness (QED) is 0.427. The molecule has 0 saturated heterocycles. The fraction of sp³-hybridized carbons (Fsp3) is 0.667. The Balaban J connectivity index is -0.0000000833. The maximum absolute atomic E-state index is 4.65. The predicted octanol–water partition coefficient (Wildman–Crippen LogP) is 0.262. The van der Waals surface area contributed by atoms with E-state index in [0.717, 1.165) is 13.2 Å². The Hall–Kier alpha value is 0.379. The van der Waals surface area contributed by atoms with E-state index in [-0.39, 0.29) is 33.1 Å². The molecule has 52 valence electrons. The third kappa shape index (κ3) is 6.38. The van der Waals surface area contributed by atoms with E-state index in [1.54, 1.807) is 0 Å². The average molecular weight is 178 g/mol. The average Bonchev–Trinajstić information content (AvgIpc) is 1.76. The van der Waals surface area contributed by atoms with Crippen molar-refractivity contribution in [3.8, 4) is 0 Å². The summed E-state index contributed by atoms with van der Waals surface area (Å²) in [4.78, 5) is 3.74. The smallest absolute Gasteiger partial charge is 0.169 e. The predicted molar refractivity (Wildman–Crippen MR) is 35.4 cm³/mol. The summed E-state index contributed by atoms with van der Waals surface area (Å²) in [5.74, 6) is 0. The van der Waals surface area contributed by atoms with Gasteiger partial charge >= 0.3 is 0 Å². The van der Waals surface area contributed by atoms with Crippen LogP contribution in [0.5, 0.6) is 0 Å². The minimum absolute atomic E-state index is 0. The molecule has 0 aromatic heterocycles. The van der Waals surface area contributed by atoms with Gasteiger partial charge in [0.05, 0.1) is 6.54 Å². The first-order valence-corrected chi connectivity index (χ1v) is 1.60. The van der Waals surface area contributed by atoms with Gasteiger partial charge in [0.1, 0.15) is 6.61 Å². The summed E-state index contributed by atoms with van der Waals surface area (Å²) in [7, 11) is 0. The van der Waals surface area contributed by atoms with Crippen molar-refractivity contribution in [3.63, 3.8) is 0 Å². The molecule has 8 heavy (non-hydrogen) atoms. The molecule has 1 rings (SSSR count). The van der Waals surface area contributed by atoms with Crippen LogP contribution in [0.1, 0.15) is 0 Å². The van der Waals surface area contributed by atoms with Gasteiger partial charge in [-0.2, -0.15) is 9.90 Å². The Morgan fingerprint density at radius 2 is 2.12 bits per heavy atom. The zero-order valence-corrected chi connectivity index (χ0v) is 7.13. The molecule has 5 heteroatoms. The van der Waals surface area contributed by atoms with Gasteiger partial charge in [0.2, 0.25) is 0 Å². The molecule has 1 unspecified atom stereocenters. The van der Waals surface area contributed by atoms with Crippen LogP contribution >= 0.6 is 9.90 Å². The van der Waals surface area contributed by atoms with E-state index in [1.807, 2.05) is 0 Å². The minimum Gasteiger partial charge on any atom is -0.482 e. The molecule has 1 aliphatic rings. The second-order valence-electron chi connectivity index (χ2n) is 0.882. The molecule has 0 bridgehead atoms. The first-order valence-electron chi connectivity index (χ1n) is 1.60. The zero-order chi connectivity index (χ0) is 3.54.